The van der Waals surface area contributed by atoms with E-state index in [1.807, 2.05) is 48.5 Å². The van der Waals surface area contributed by atoms with Crippen LogP contribution in [0.4, 0.5) is 0 Å². The molecule has 1 unspecified atom stereocenters. The number of amides is 2. The van der Waals surface area contributed by atoms with E-state index in [2.05, 4.69) is 28.2 Å². The van der Waals surface area contributed by atoms with Crippen molar-refractivity contribution in [2.24, 2.45) is 0 Å². The second kappa shape index (κ2) is 14.3. The number of nitrogens with one attached hydrogen (secondary N) is 1. The average Bonchev–Trinajstić information content (AvgIpc) is 2.87. The van der Waals surface area contributed by atoms with E-state index in [9.17, 15) is 9.59 Å². The summed E-state index contributed by atoms with van der Waals surface area (Å²) in [7, 11) is 0. The molecule has 190 valence electrons. The van der Waals surface area contributed by atoms with Gasteiger partial charge in [0, 0.05) is 29.0 Å². The van der Waals surface area contributed by atoms with E-state index in [0.29, 0.717) is 28.8 Å². The standard InChI is InChI=1S/C28H29BrCl2N2O3/c1-2-3-15-32-28(35)25(16-20-9-5-4-6-10-20)33(18-21-11-7-8-12-23(21)30)27(34)19-36-26-14-13-22(29)17-24(26)31/h4-14,17,25H,2-3,15-16,18-19H2,1H3,(H,32,35). The summed E-state index contributed by atoms with van der Waals surface area (Å²) < 4.78 is 6.58. The average molecular weight is 592 g/mol. The molecule has 3 rings (SSSR count). The lowest BCUT2D eigenvalue weighted by Crippen LogP contribution is -2.51. The summed E-state index contributed by atoms with van der Waals surface area (Å²) in [5.74, 6) is -0.173. The third kappa shape index (κ3) is 8.26. The van der Waals surface area contributed by atoms with Crippen molar-refractivity contribution in [3.05, 3.63) is 98.4 Å². The lowest BCUT2D eigenvalue weighted by molar-refractivity contribution is -0.142. The maximum atomic E-state index is 13.6. The molecule has 3 aromatic rings. The van der Waals surface area contributed by atoms with Crippen LogP contribution in [-0.2, 0) is 22.6 Å². The van der Waals surface area contributed by atoms with E-state index in [-0.39, 0.29) is 25.0 Å². The zero-order chi connectivity index (χ0) is 25.9. The van der Waals surface area contributed by atoms with Crippen LogP contribution in [0.25, 0.3) is 0 Å². The SMILES string of the molecule is CCCCNC(=O)C(Cc1ccccc1)N(Cc1ccccc1Cl)C(=O)COc1ccc(Br)cc1Cl. The Morgan fingerprint density at radius 2 is 1.72 bits per heavy atom. The summed E-state index contributed by atoms with van der Waals surface area (Å²) in [6.45, 7) is 2.49. The first-order valence-corrected chi connectivity index (χ1v) is 13.4. The maximum absolute atomic E-state index is 13.6. The molecule has 36 heavy (non-hydrogen) atoms. The molecule has 0 aliphatic rings. The van der Waals surface area contributed by atoms with Gasteiger partial charge in [-0.15, -0.1) is 0 Å². The van der Waals surface area contributed by atoms with Gasteiger partial charge in [0.2, 0.25) is 5.91 Å². The Labute approximate surface area is 230 Å². The molecule has 0 saturated carbocycles. The van der Waals surface area contributed by atoms with Crippen LogP contribution in [0.2, 0.25) is 10.0 Å². The molecular weight excluding hydrogens is 563 g/mol. The fraction of sp³-hybridized carbons (Fsp3) is 0.286. The van der Waals surface area contributed by atoms with Crippen LogP contribution >= 0.6 is 39.1 Å². The van der Waals surface area contributed by atoms with Crippen molar-refractivity contribution in [3.8, 4) is 5.75 Å². The number of carbonyl (C=O) groups excluding carboxylic acids is 2. The molecule has 0 spiro atoms. The molecule has 1 atom stereocenters. The zero-order valence-corrected chi connectivity index (χ0v) is 23.2. The van der Waals surface area contributed by atoms with Gasteiger partial charge in [-0.25, -0.2) is 0 Å². The van der Waals surface area contributed by atoms with Crippen molar-refractivity contribution in [2.45, 2.75) is 38.8 Å². The number of ether oxygens (including phenoxy) is 1. The van der Waals surface area contributed by atoms with Gasteiger partial charge < -0.3 is 15.0 Å². The third-order valence-corrected chi connectivity index (χ3v) is 6.80. The lowest BCUT2D eigenvalue weighted by atomic mass is 10.0. The van der Waals surface area contributed by atoms with Crippen molar-refractivity contribution < 1.29 is 14.3 Å². The Hall–Kier alpha value is -2.54. The highest BCUT2D eigenvalue weighted by Gasteiger charge is 2.31. The van der Waals surface area contributed by atoms with E-state index in [4.69, 9.17) is 27.9 Å². The Morgan fingerprint density at radius 1 is 1.00 bits per heavy atom. The minimum absolute atomic E-state index is 0.161. The summed E-state index contributed by atoms with van der Waals surface area (Å²) in [5.41, 5.74) is 1.69. The minimum Gasteiger partial charge on any atom is -0.482 e. The first-order chi connectivity index (χ1) is 17.4. The topological polar surface area (TPSA) is 58.6 Å². The predicted octanol–water partition coefficient (Wildman–Crippen LogP) is 6.69. The van der Waals surface area contributed by atoms with Crippen molar-refractivity contribution >= 4 is 50.9 Å². The normalized spacial score (nSPS) is 11.6. The molecular formula is C28H29BrCl2N2O3. The predicted molar refractivity (Wildman–Crippen MR) is 149 cm³/mol. The van der Waals surface area contributed by atoms with Crippen molar-refractivity contribution in [2.75, 3.05) is 13.2 Å². The number of nitrogens with zero attached hydrogens (tertiary/aromatic N) is 1. The smallest absolute Gasteiger partial charge is 0.261 e. The van der Waals surface area contributed by atoms with Gasteiger partial charge in [-0.3, -0.25) is 9.59 Å². The van der Waals surface area contributed by atoms with E-state index in [1.54, 1.807) is 29.2 Å². The highest BCUT2D eigenvalue weighted by atomic mass is 79.9. The highest BCUT2D eigenvalue weighted by molar-refractivity contribution is 9.10. The molecule has 1 N–H and O–H groups in total. The summed E-state index contributed by atoms with van der Waals surface area (Å²) in [5, 5.41) is 3.90. The van der Waals surface area contributed by atoms with Crippen LogP contribution in [0.3, 0.4) is 0 Å². The lowest BCUT2D eigenvalue weighted by Gasteiger charge is -2.31. The molecule has 0 aliphatic heterocycles. The Bertz CT molecular complexity index is 1160. The molecule has 0 aromatic heterocycles. The third-order valence-electron chi connectivity index (χ3n) is 5.64. The van der Waals surface area contributed by atoms with E-state index >= 15 is 0 Å². The molecule has 0 aliphatic carbocycles. The monoisotopic (exact) mass is 590 g/mol. The molecule has 0 saturated heterocycles. The largest absolute Gasteiger partial charge is 0.482 e. The number of benzene rings is 3. The van der Waals surface area contributed by atoms with Crippen LogP contribution < -0.4 is 10.1 Å². The zero-order valence-electron chi connectivity index (χ0n) is 20.1. The quantitative estimate of drug-likeness (QED) is 0.239. The van der Waals surface area contributed by atoms with Crippen LogP contribution in [-0.4, -0.2) is 35.9 Å². The molecule has 0 radical (unpaired) electrons. The van der Waals surface area contributed by atoms with Gasteiger partial charge in [-0.1, -0.05) is 101 Å². The first-order valence-electron chi connectivity index (χ1n) is 11.8. The molecule has 3 aromatic carbocycles. The number of unbranched alkanes of at least 4 members (excludes halogenated alkanes) is 1. The molecule has 0 fully saturated rings. The van der Waals surface area contributed by atoms with Gasteiger partial charge in [-0.05, 0) is 41.8 Å². The summed E-state index contributed by atoms with van der Waals surface area (Å²) in [4.78, 5) is 28.6. The first kappa shape index (κ1) is 28.0. The van der Waals surface area contributed by atoms with E-state index in [0.717, 1.165) is 28.4 Å². The summed E-state index contributed by atoms with van der Waals surface area (Å²) >= 11 is 16.1. The van der Waals surface area contributed by atoms with Crippen LogP contribution in [0, 0.1) is 0 Å². The number of hydrogen-bond acceptors (Lipinski definition) is 3. The minimum atomic E-state index is -0.753. The number of carbonyl (C=O) groups is 2. The second-order valence-electron chi connectivity index (χ2n) is 8.33. The molecule has 5 nitrogen and oxygen atoms in total. The van der Waals surface area contributed by atoms with E-state index in [1.165, 1.54) is 0 Å². The molecule has 8 heteroatoms. The Balaban J connectivity index is 1.90. The molecule has 0 heterocycles. The highest BCUT2D eigenvalue weighted by Crippen LogP contribution is 2.28. The molecule has 0 bridgehead atoms. The fourth-order valence-electron chi connectivity index (χ4n) is 3.68. The van der Waals surface area contributed by atoms with E-state index < -0.39 is 6.04 Å². The summed E-state index contributed by atoms with van der Waals surface area (Å²) in [6, 6.07) is 21.4. The second-order valence-corrected chi connectivity index (χ2v) is 10.1. The van der Waals surface area contributed by atoms with Crippen LogP contribution in [0.1, 0.15) is 30.9 Å². The van der Waals surface area contributed by atoms with Gasteiger partial charge in [0.25, 0.3) is 5.91 Å². The number of hydrogen-bond donors (Lipinski definition) is 1. The van der Waals surface area contributed by atoms with Gasteiger partial charge in [0.15, 0.2) is 6.61 Å². The maximum Gasteiger partial charge on any atom is 0.261 e. The molecule has 2 amide bonds. The summed E-state index contributed by atoms with van der Waals surface area (Å²) in [6.07, 6.45) is 2.16. The van der Waals surface area contributed by atoms with Crippen molar-refractivity contribution in [3.63, 3.8) is 0 Å². The van der Waals surface area contributed by atoms with Gasteiger partial charge in [0.1, 0.15) is 11.8 Å². The Kier molecular flexibility index (Phi) is 11.1. The van der Waals surface area contributed by atoms with Gasteiger partial charge >= 0.3 is 0 Å². The van der Waals surface area contributed by atoms with Crippen LogP contribution in [0.15, 0.2) is 77.3 Å². The van der Waals surface area contributed by atoms with Crippen LogP contribution in [0.5, 0.6) is 5.75 Å². The van der Waals surface area contributed by atoms with Gasteiger partial charge in [0.05, 0.1) is 5.02 Å². The Morgan fingerprint density at radius 3 is 2.42 bits per heavy atom. The fourth-order valence-corrected chi connectivity index (χ4v) is 4.61. The van der Waals surface area contributed by atoms with Crippen molar-refractivity contribution in [1.82, 2.24) is 10.2 Å². The number of halogens is 3. The van der Waals surface area contributed by atoms with Crippen molar-refractivity contribution in [1.29, 1.82) is 0 Å². The number of rotatable bonds is 12. The van der Waals surface area contributed by atoms with Gasteiger partial charge in [-0.2, -0.15) is 0 Å².